The predicted octanol–water partition coefficient (Wildman–Crippen LogP) is 13.1. The van der Waals surface area contributed by atoms with Gasteiger partial charge in [-0.15, -0.1) is 11.3 Å². The van der Waals surface area contributed by atoms with E-state index in [4.69, 9.17) is 0 Å². The minimum Gasteiger partial charge on any atom is -0.317 e. The summed E-state index contributed by atoms with van der Waals surface area (Å²) in [6, 6.07) is 60.3. The molecule has 3 aromatic heterocycles. The van der Waals surface area contributed by atoms with Gasteiger partial charge in [0, 0.05) is 59.5 Å². The van der Waals surface area contributed by atoms with Crippen LogP contribution in [0.25, 0.3) is 96.9 Å². The summed E-state index contributed by atoms with van der Waals surface area (Å²) in [4.78, 5) is 0. The lowest BCUT2D eigenvalue weighted by molar-refractivity contribution is 1.13. The second-order valence-corrected chi connectivity index (χ2v) is 14.0. The first kappa shape index (κ1) is 26.9. The number of rotatable bonds is 3. The maximum Gasteiger partial charge on any atom is 0.0547 e. The van der Waals surface area contributed by atoms with Gasteiger partial charge in [0.2, 0.25) is 0 Å². The lowest BCUT2D eigenvalue weighted by atomic mass is 9.91. The Balaban J connectivity index is 1.32. The van der Waals surface area contributed by atoms with Crippen LogP contribution in [0.1, 0.15) is 0 Å². The fourth-order valence-electron chi connectivity index (χ4n) is 8.10. The summed E-state index contributed by atoms with van der Waals surface area (Å²) in [5.41, 5.74) is 8.55. The molecular formula is C46H28N2S. The van der Waals surface area contributed by atoms with Crippen molar-refractivity contribution in [3.63, 3.8) is 0 Å². The molecule has 0 radical (unpaired) electrons. The van der Waals surface area contributed by atoms with Gasteiger partial charge in [-0.3, -0.25) is 0 Å². The number of nitrogens with zero attached hydrogens (tertiary/aromatic N) is 2. The van der Waals surface area contributed by atoms with Gasteiger partial charge in [-0.2, -0.15) is 0 Å². The van der Waals surface area contributed by atoms with Crippen LogP contribution in [-0.2, 0) is 0 Å². The Hall–Kier alpha value is -6.16. The van der Waals surface area contributed by atoms with Crippen LogP contribution in [0.5, 0.6) is 0 Å². The number of aromatic nitrogens is 2. The number of para-hydroxylation sites is 3. The van der Waals surface area contributed by atoms with Gasteiger partial charge in [-0.1, -0.05) is 91.0 Å². The average molecular weight is 641 g/mol. The van der Waals surface area contributed by atoms with E-state index in [1.54, 1.807) is 0 Å². The summed E-state index contributed by atoms with van der Waals surface area (Å²) in [5, 5.41) is 11.5. The van der Waals surface area contributed by atoms with E-state index in [2.05, 4.69) is 179 Å². The van der Waals surface area contributed by atoms with Gasteiger partial charge >= 0.3 is 0 Å². The first-order valence-electron chi connectivity index (χ1n) is 16.8. The first-order chi connectivity index (χ1) is 24.3. The van der Waals surface area contributed by atoms with Crippen molar-refractivity contribution in [2.24, 2.45) is 0 Å². The molecule has 0 aliphatic heterocycles. The Kier molecular flexibility index (Phi) is 5.57. The SMILES string of the molecule is c1ccc(-n2ccc3cc4cc(-c5cccc6c5sc5ccccc56)c5cc6c(cc5c4cc32)c2ccccc2n6-c2ccccc2)cc1. The maximum absolute atomic E-state index is 2.46. The Morgan fingerprint density at radius 3 is 1.94 bits per heavy atom. The van der Waals surface area contributed by atoms with E-state index in [9.17, 15) is 0 Å². The van der Waals surface area contributed by atoms with Crippen molar-refractivity contribution >= 4 is 85.8 Å². The predicted molar refractivity (Wildman–Crippen MR) is 211 cm³/mol. The number of benzene rings is 8. The summed E-state index contributed by atoms with van der Waals surface area (Å²) in [7, 11) is 0. The van der Waals surface area contributed by atoms with Gasteiger partial charge in [0.05, 0.1) is 16.6 Å². The molecule has 0 spiro atoms. The molecule has 0 aliphatic carbocycles. The molecule has 0 bridgehead atoms. The zero-order chi connectivity index (χ0) is 32.1. The molecule has 11 aromatic rings. The van der Waals surface area contributed by atoms with Crippen molar-refractivity contribution in [3.8, 4) is 22.5 Å². The zero-order valence-electron chi connectivity index (χ0n) is 26.5. The van der Waals surface area contributed by atoms with E-state index < -0.39 is 0 Å². The monoisotopic (exact) mass is 640 g/mol. The number of hydrogen-bond donors (Lipinski definition) is 0. The fraction of sp³-hybridized carbons (Fsp3) is 0. The first-order valence-corrected chi connectivity index (χ1v) is 17.6. The highest BCUT2D eigenvalue weighted by Gasteiger charge is 2.19. The van der Waals surface area contributed by atoms with E-state index in [0.717, 1.165) is 0 Å². The van der Waals surface area contributed by atoms with Crippen molar-refractivity contribution in [2.75, 3.05) is 0 Å². The smallest absolute Gasteiger partial charge is 0.0547 e. The number of fused-ring (bicyclic) bond motifs is 10. The van der Waals surface area contributed by atoms with E-state index in [-0.39, 0.29) is 0 Å². The average Bonchev–Trinajstić information content (AvgIpc) is 3.85. The minimum atomic E-state index is 1.17. The Morgan fingerprint density at radius 1 is 0.367 bits per heavy atom. The summed E-state index contributed by atoms with van der Waals surface area (Å²) in [6.45, 7) is 0. The number of hydrogen-bond acceptors (Lipinski definition) is 1. The third-order valence-electron chi connectivity index (χ3n) is 10.3. The molecule has 0 unspecified atom stereocenters. The van der Waals surface area contributed by atoms with Crippen LogP contribution in [0, 0.1) is 0 Å². The Morgan fingerprint density at radius 2 is 1.08 bits per heavy atom. The summed E-state index contributed by atoms with van der Waals surface area (Å²) in [6.07, 6.45) is 2.20. The second kappa shape index (κ2) is 10.2. The Bertz CT molecular complexity index is 3090. The normalized spacial score (nSPS) is 12.1. The summed E-state index contributed by atoms with van der Waals surface area (Å²) >= 11 is 1.90. The van der Waals surface area contributed by atoms with Gasteiger partial charge in [-0.25, -0.2) is 0 Å². The molecule has 0 saturated carbocycles. The highest BCUT2D eigenvalue weighted by atomic mass is 32.1. The van der Waals surface area contributed by atoms with E-state index in [1.807, 2.05) is 11.3 Å². The highest BCUT2D eigenvalue weighted by Crippen LogP contribution is 2.46. The topological polar surface area (TPSA) is 9.86 Å². The molecule has 228 valence electrons. The fourth-order valence-corrected chi connectivity index (χ4v) is 9.33. The lowest BCUT2D eigenvalue weighted by Gasteiger charge is -2.15. The molecule has 0 aliphatic rings. The highest BCUT2D eigenvalue weighted by molar-refractivity contribution is 7.26. The molecule has 8 aromatic carbocycles. The van der Waals surface area contributed by atoms with Gasteiger partial charge < -0.3 is 9.13 Å². The van der Waals surface area contributed by atoms with Crippen LogP contribution >= 0.6 is 11.3 Å². The van der Waals surface area contributed by atoms with Crippen LogP contribution in [-0.4, -0.2) is 9.13 Å². The van der Waals surface area contributed by atoms with Gasteiger partial charge in [0.1, 0.15) is 0 Å². The van der Waals surface area contributed by atoms with Crippen LogP contribution < -0.4 is 0 Å². The summed E-state index contributed by atoms with van der Waals surface area (Å²) < 4.78 is 7.41. The molecule has 0 amide bonds. The third-order valence-corrected chi connectivity index (χ3v) is 11.5. The summed E-state index contributed by atoms with van der Waals surface area (Å²) in [5.74, 6) is 0. The van der Waals surface area contributed by atoms with Crippen molar-refractivity contribution in [1.29, 1.82) is 0 Å². The van der Waals surface area contributed by atoms with E-state index in [1.165, 1.54) is 96.9 Å². The molecular weight excluding hydrogens is 613 g/mol. The Labute approximate surface area is 286 Å². The van der Waals surface area contributed by atoms with E-state index in [0.29, 0.717) is 0 Å². The molecule has 3 heterocycles. The lowest BCUT2D eigenvalue weighted by Crippen LogP contribution is -1.94. The molecule has 3 heteroatoms. The van der Waals surface area contributed by atoms with Crippen molar-refractivity contribution in [1.82, 2.24) is 9.13 Å². The molecule has 11 rings (SSSR count). The molecule has 49 heavy (non-hydrogen) atoms. The quantitative estimate of drug-likeness (QED) is 0.170. The standard InChI is InChI=1S/C46H28N2S/c1-3-12-31(13-4-1)47-23-22-29-24-30-25-38(36-19-11-18-35-34-17-8-10-21-45(34)49-46(35)36)40-28-44-41(26-39(40)37(30)27-43(29)47)33-16-7-9-20-42(33)48(44)32-14-5-2-6-15-32/h1-28H. The van der Waals surface area contributed by atoms with Crippen LogP contribution in [0.2, 0.25) is 0 Å². The maximum atomic E-state index is 2.46. The van der Waals surface area contributed by atoms with E-state index >= 15 is 0 Å². The number of thiophene rings is 1. The van der Waals surface area contributed by atoms with Crippen molar-refractivity contribution in [2.45, 2.75) is 0 Å². The van der Waals surface area contributed by atoms with Crippen molar-refractivity contribution < 1.29 is 0 Å². The molecule has 0 atom stereocenters. The third kappa shape index (κ3) is 3.88. The molecule has 0 N–H and O–H groups in total. The molecule has 0 saturated heterocycles. The van der Waals surface area contributed by atoms with Gasteiger partial charge in [0.25, 0.3) is 0 Å². The molecule has 2 nitrogen and oxygen atoms in total. The molecule has 0 fully saturated rings. The van der Waals surface area contributed by atoms with Gasteiger partial charge in [0.15, 0.2) is 0 Å². The van der Waals surface area contributed by atoms with Crippen LogP contribution in [0.4, 0.5) is 0 Å². The van der Waals surface area contributed by atoms with Crippen LogP contribution in [0.15, 0.2) is 170 Å². The zero-order valence-corrected chi connectivity index (χ0v) is 27.3. The largest absolute Gasteiger partial charge is 0.317 e. The second-order valence-electron chi connectivity index (χ2n) is 13.0. The van der Waals surface area contributed by atoms with Crippen molar-refractivity contribution in [3.05, 3.63) is 170 Å². The van der Waals surface area contributed by atoms with Gasteiger partial charge in [-0.05, 0) is 99.9 Å². The minimum absolute atomic E-state index is 1.17. The van der Waals surface area contributed by atoms with Crippen LogP contribution in [0.3, 0.4) is 0 Å².